The summed E-state index contributed by atoms with van der Waals surface area (Å²) in [6.07, 6.45) is -3.19. The predicted octanol–water partition coefficient (Wildman–Crippen LogP) is 4.48. The summed E-state index contributed by atoms with van der Waals surface area (Å²) in [5.41, 5.74) is -2.50. The van der Waals surface area contributed by atoms with Gasteiger partial charge >= 0.3 is 6.18 Å². The lowest BCUT2D eigenvalue weighted by Crippen LogP contribution is -2.49. The van der Waals surface area contributed by atoms with E-state index in [1.54, 1.807) is 18.7 Å². The third kappa shape index (κ3) is 3.16. The molecule has 0 unspecified atom stereocenters. The van der Waals surface area contributed by atoms with Crippen molar-refractivity contribution in [2.75, 3.05) is 4.90 Å². The second-order valence-electron chi connectivity index (χ2n) is 6.66. The fourth-order valence-electron chi connectivity index (χ4n) is 3.31. The molecule has 1 saturated heterocycles. The number of rotatable bonds is 4. The van der Waals surface area contributed by atoms with E-state index in [-0.39, 0.29) is 22.7 Å². The third-order valence-electron chi connectivity index (χ3n) is 4.72. The first-order valence-electron chi connectivity index (χ1n) is 8.29. The Morgan fingerprint density at radius 3 is 2.31 bits per heavy atom. The van der Waals surface area contributed by atoms with Crippen molar-refractivity contribution >= 4 is 28.9 Å². The minimum atomic E-state index is -4.70. The summed E-state index contributed by atoms with van der Waals surface area (Å²) in [5, 5.41) is 9.13. The number of carbonyl (C=O) groups is 1. The first kappa shape index (κ1) is 20.2. The van der Waals surface area contributed by atoms with Gasteiger partial charge in [0.05, 0.1) is 22.9 Å². The average molecular weight is 383 g/mol. The molecular weight excluding hydrogens is 363 g/mol. The highest BCUT2D eigenvalue weighted by Gasteiger charge is 2.51. The third-order valence-corrected chi connectivity index (χ3v) is 5.10. The van der Waals surface area contributed by atoms with Gasteiger partial charge in [0.2, 0.25) is 0 Å². The van der Waals surface area contributed by atoms with Crippen LogP contribution in [0.2, 0.25) is 0 Å². The van der Waals surface area contributed by atoms with Gasteiger partial charge in [-0.1, -0.05) is 13.8 Å². The average Bonchev–Trinajstić information content (AvgIpc) is 2.74. The number of anilines is 1. The molecule has 1 amide bonds. The van der Waals surface area contributed by atoms with Gasteiger partial charge in [0.1, 0.15) is 5.54 Å². The van der Waals surface area contributed by atoms with Crippen molar-refractivity contribution in [2.24, 2.45) is 0 Å². The van der Waals surface area contributed by atoms with Gasteiger partial charge < -0.3 is 4.90 Å². The number of halogens is 3. The Morgan fingerprint density at radius 1 is 1.27 bits per heavy atom. The van der Waals surface area contributed by atoms with Gasteiger partial charge in [-0.15, -0.1) is 0 Å². The zero-order valence-corrected chi connectivity index (χ0v) is 15.8. The summed E-state index contributed by atoms with van der Waals surface area (Å²) in [5.74, 6) is -0.382. The molecule has 0 aromatic heterocycles. The quantitative estimate of drug-likeness (QED) is 0.720. The molecule has 0 aliphatic carbocycles. The van der Waals surface area contributed by atoms with Gasteiger partial charge in [-0.2, -0.15) is 18.4 Å². The van der Waals surface area contributed by atoms with Gasteiger partial charge in [-0.3, -0.25) is 9.69 Å². The zero-order chi connectivity index (χ0) is 19.9. The van der Waals surface area contributed by atoms with Crippen LogP contribution in [0.5, 0.6) is 0 Å². The lowest BCUT2D eigenvalue weighted by atomic mass is 9.99. The largest absolute Gasteiger partial charge is 0.417 e. The van der Waals surface area contributed by atoms with E-state index in [0.717, 1.165) is 29.9 Å². The van der Waals surface area contributed by atoms with Crippen LogP contribution in [-0.4, -0.2) is 27.5 Å². The second-order valence-corrected chi connectivity index (χ2v) is 7.03. The Kier molecular flexibility index (Phi) is 5.34. The van der Waals surface area contributed by atoms with Crippen molar-refractivity contribution in [1.82, 2.24) is 4.90 Å². The van der Waals surface area contributed by atoms with E-state index in [0.29, 0.717) is 0 Å². The van der Waals surface area contributed by atoms with Crippen LogP contribution >= 0.6 is 12.2 Å². The molecule has 0 spiro atoms. The summed E-state index contributed by atoms with van der Waals surface area (Å²) in [6.45, 7) is 7.38. The van der Waals surface area contributed by atoms with Gasteiger partial charge in [0.25, 0.3) is 5.91 Å². The standard InChI is InChI=1S/C18H20F3N3OS/c1-5-12(6-2)24-16(26)23(15(25)17(24,3)4)13-8-7-11(10-22)14(9-13)18(19,20)21/h7-9,12H,5-6H2,1-4H3. The summed E-state index contributed by atoms with van der Waals surface area (Å²) >= 11 is 5.46. The molecule has 8 heteroatoms. The molecular formula is C18H20F3N3OS. The molecule has 1 heterocycles. The molecule has 2 rings (SSSR count). The highest BCUT2D eigenvalue weighted by molar-refractivity contribution is 7.80. The summed E-state index contributed by atoms with van der Waals surface area (Å²) < 4.78 is 39.8. The number of thiocarbonyl (C=S) groups is 1. The number of nitriles is 1. The highest BCUT2D eigenvalue weighted by atomic mass is 32.1. The Balaban J connectivity index is 2.58. The van der Waals surface area contributed by atoms with E-state index in [1.807, 2.05) is 13.8 Å². The molecule has 0 bridgehead atoms. The van der Waals surface area contributed by atoms with Crippen molar-refractivity contribution < 1.29 is 18.0 Å². The summed E-state index contributed by atoms with van der Waals surface area (Å²) in [7, 11) is 0. The van der Waals surface area contributed by atoms with Crippen LogP contribution in [0.3, 0.4) is 0 Å². The monoisotopic (exact) mass is 383 g/mol. The van der Waals surface area contributed by atoms with Gasteiger partial charge in [-0.25, -0.2) is 0 Å². The number of hydrogen-bond donors (Lipinski definition) is 0. The van der Waals surface area contributed by atoms with Crippen molar-refractivity contribution in [1.29, 1.82) is 5.26 Å². The molecule has 0 N–H and O–H groups in total. The fraction of sp³-hybridized carbons (Fsp3) is 0.500. The van der Waals surface area contributed by atoms with Crippen molar-refractivity contribution in [3.05, 3.63) is 29.3 Å². The maximum Gasteiger partial charge on any atom is 0.417 e. The maximum atomic E-state index is 13.3. The maximum absolute atomic E-state index is 13.3. The van der Waals surface area contributed by atoms with Crippen molar-refractivity contribution in [2.45, 2.75) is 58.3 Å². The number of benzene rings is 1. The molecule has 1 aliphatic rings. The Morgan fingerprint density at radius 2 is 1.85 bits per heavy atom. The van der Waals surface area contributed by atoms with E-state index >= 15 is 0 Å². The zero-order valence-electron chi connectivity index (χ0n) is 15.0. The molecule has 4 nitrogen and oxygen atoms in total. The topological polar surface area (TPSA) is 47.3 Å². The molecule has 1 fully saturated rings. The van der Waals surface area contributed by atoms with E-state index in [9.17, 15) is 18.0 Å². The number of carbonyl (C=O) groups excluding carboxylic acids is 1. The summed E-state index contributed by atoms with van der Waals surface area (Å²) in [4.78, 5) is 15.9. The Hall–Kier alpha value is -2.14. The van der Waals surface area contributed by atoms with E-state index in [2.05, 4.69) is 0 Å². The van der Waals surface area contributed by atoms with Gasteiger partial charge in [-0.05, 0) is 57.1 Å². The smallest absolute Gasteiger partial charge is 0.331 e. The SMILES string of the molecule is CCC(CC)N1C(=S)N(c2ccc(C#N)c(C(F)(F)F)c2)C(=O)C1(C)C. The minimum Gasteiger partial charge on any atom is -0.331 e. The molecule has 0 saturated carbocycles. The lowest BCUT2D eigenvalue weighted by Gasteiger charge is -2.36. The second kappa shape index (κ2) is 6.88. The molecule has 0 atom stereocenters. The first-order chi connectivity index (χ1) is 12.0. The van der Waals surface area contributed by atoms with E-state index in [4.69, 9.17) is 17.5 Å². The van der Waals surface area contributed by atoms with Gasteiger partial charge in [0, 0.05) is 6.04 Å². The van der Waals surface area contributed by atoms with Crippen LogP contribution in [-0.2, 0) is 11.0 Å². The minimum absolute atomic E-state index is 0.00641. The Bertz CT molecular complexity index is 779. The first-order valence-corrected chi connectivity index (χ1v) is 8.70. The molecule has 26 heavy (non-hydrogen) atoms. The van der Waals surface area contributed by atoms with Crippen LogP contribution in [0.1, 0.15) is 51.7 Å². The number of hydrogen-bond acceptors (Lipinski definition) is 3. The Labute approximate surface area is 156 Å². The molecule has 140 valence electrons. The van der Waals surface area contributed by atoms with Crippen molar-refractivity contribution in [3.8, 4) is 6.07 Å². The van der Waals surface area contributed by atoms with E-state index in [1.165, 1.54) is 12.1 Å². The van der Waals surface area contributed by atoms with Crippen LogP contribution in [0.25, 0.3) is 0 Å². The number of alkyl halides is 3. The molecule has 1 aromatic rings. The van der Waals surface area contributed by atoms with Gasteiger partial charge in [0.15, 0.2) is 5.11 Å². The number of nitrogens with zero attached hydrogens (tertiary/aromatic N) is 3. The van der Waals surface area contributed by atoms with Crippen molar-refractivity contribution in [3.63, 3.8) is 0 Å². The van der Waals surface area contributed by atoms with E-state index < -0.39 is 22.8 Å². The summed E-state index contributed by atoms with van der Waals surface area (Å²) in [6, 6.07) is 4.75. The predicted molar refractivity (Wildman–Crippen MR) is 96.5 cm³/mol. The molecule has 0 radical (unpaired) electrons. The normalized spacial score (nSPS) is 17.2. The van der Waals surface area contributed by atoms with Crippen LogP contribution in [0.15, 0.2) is 18.2 Å². The molecule has 1 aromatic carbocycles. The highest BCUT2D eigenvalue weighted by Crippen LogP contribution is 2.39. The number of amides is 1. The van der Waals surface area contributed by atoms with Crippen LogP contribution in [0, 0.1) is 11.3 Å². The van der Waals surface area contributed by atoms with Crippen LogP contribution in [0.4, 0.5) is 18.9 Å². The molecule has 1 aliphatic heterocycles. The lowest BCUT2D eigenvalue weighted by molar-refractivity contribution is -0.137. The van der Waals surface area contributed by atoms with Crippen LogP contribution < -0.4 is 4.90 Å². The fourth-order valence-corrected chi connectivity index (χ4v) is 3.87.